The molecule has 24 heavy (non-hydrogen) atoms. The first-order valence-corrected chi connectivity index (χ1v) is 8.31. The first-order valence-electron chi connectivity index (χ1n) is 8.31. The second-order valence-electron chi connectivity index (χ2n) is 7.87. The maximum Gasteiger partial charge on any atom is 0.329 e. The predicted octanol–water partition coefficient (Wildman–Crippen LogP) is 3.54. The van der Waals surface area contributed by atoms with Crippen molar-refractivity contribution in [1.82, 2.24) is 9.88 Å². The number of aliphatic carboxylic acids is 1. The zero-order valence-electron chi connectivity index (χ0n) is 14.6. The molecule has 1 fully saturated rings. The molecule has 1 aliphatic rings. The number of nitrogens with one attached hydrogen (secondary N) is 1. The molecule has 0 spiro atoms. The number of hydrogen-bond acceptors (Lipinski definition) is 2. The van der Waals surface area contributed by atoms with Crippen molar-refractivity contribution in [2.24, 2.45) is 0 Å². The summed E-state index contributed by atoms with van der Waals surface area (Å²) in [7, 11) is 0. The monoisotopic (exact) mass is 328 g/mol. The lowest BCUT2D eigenvalue weighted by Crippen LogP contribution is -2.50. The number of aromatic nitrogens is 1. The molecule has 1 aromatic heterocycles. The number of likely N-dealkylation sites (tertiary alicyclic amines) is 1. The van der Waals surface area contributed by atoms with Crippen LogP contribution in [0, 0.1) is 0 Å². The van der Waals surface area contributed by atoms with Gasteiger partial charge in [0.05, 0.1) is 0 Å². The minimum absolute atomic E-state index is 0.0281. The zero-order chi connectivity index (χ0) is 17.7. The van der Waals surface area contributed by atoms with Gasteiger partial charge in [-0.1, -0.05) is 32.9 Å². The number of nitrogens with zero attached hydrogens (tertiary/aromatic N) is 1. The second-order valence-corrected chi connectivity index (χ2v) is 7.87. The first kappa shape index (κ1) is 16.6. The molecule has 1 aliphatic heterocycles. The van der Waals surface area contributed by atoms with Gasteiger partial charge in [0, 0.05) is 17.4 Å². The van der Waals surface area contributed by atoms with E-state index in [0.29, 0.717) is 25.1 Å². The Morgan fingerprint density at radius 3 is 2.58 bits per heavy atom. The van der Waals surface area contributed by atoms with E-state index < -0.39 is 11.5 Å². The molecule has 2 N–H and O–H groups in total. The van der Waals surface area contributed by atoms with Gasteiger partial charge in [-0.3, -0.25) is 4.79 Å². The van der Waals surface area contributed by atoms with E-state index in [1.54, 1.807) is 6.92 Å². The normalized spacial score (nSPS) is 21.4. The van der Waals surface area contributed by atoms with Gasteiger partial charge in [-0.2, -0.15) is 0 Å². The van der Waals surface area contributed by atoms with Crippen LogP contribution >= 0.6 is 0 Å². The van der Waals surface area contributed by atoms with Crippen molar-refractivity contribution in [1.29, 1.82) is 0 Å². The molecule has 0 aliphatic carbocycles. The maximum absolute atomic E-state index is 12.8. The third kappa shape index (κ3) is 2.58. The van der Waals surface area contributed by atoms with E-state index in [2.05, 4.69) is 37.9 Å². The van der Waals surface area contributed by atoms with Gasteiger partial charge < -0.3 is 15.0 Å². The first-order chi connectivity index (χ1) is 11.1. The average Bonchev–Trinajstić information content (AvgIpc) is 3.09. The van der Waals surface area contributed by atoms with Gasteiger partial charge in [0.1, 0.15) is 11.2 Å². The van der Waals surface area contributed by atoms with E-state index in [-0.39, 0.29) is 11.3 Å². The summed E-state index contributed by atoms with van der Waals surface area (Å²) in [6.07, 6.45) is 1.20. The highest BCUT2D eigenvalue weighted by Gasteiger charge is 2.46. The van der Waals surface area contributed by atoms with Crippen LogP contribution in [0.2, 0.25) is 0 Å². The Kier molecular flexibility index (Phi) is 3.70. The highest BCUT2D eigenvalue weighted by atomic mass is 16.4. The summed E-state index contributed by atoms with van der Waals surface area (Å²) >= 11 is 0. The molecule has 0 bridgehead atoms. The van der Waals surface area contributed by atoms with Crippen LogP contribution in [0.25, 0.3) is 10.9 Å². The van der Waals surface area contributed by atoms with Gasteiger partial charge >= 0.3 is 5.97 Å². The Balaban J connectivity index is 1.98. The number of aromatic amines is 1. The molecule has 2 heterocycles. The van der Waals surface area contributed by atoms with E-state index >= 15 is 0 Å². The number of carboxylic acid groups (broad SMARTS) is 1. The highest BCUT2D eigenvalue weighted by Crippen LogP contribution is 2.32. The van der Waals surface area contributed by atoms with Gasteiger partial charge in [0.25, 0.3) is 5.91 Å². The summed E-state index contributed by atoms with van der Waals surface area (Å²) in [6.45, 7) is 8.54. The summed E-state index contributed by atoms with van der Waals surface area (Å²) in [5.74, 6) is -1.19. The van der Waals surface area contributed by atoms with Crippen molar-refractivity contribution >= 4 is 22.8 Å². The lowest BCUT2D eigenvalue weighted by molar-refractivity contribution is -0.147. The van der Waals surface area contributed by atoms with Crippen molar-refractivity contribution < 1.29 is 14.7 Å². The molecule has 5 nitrogen and oxygen atoms in total. The fourth-order valence-electron chi connectivity index (χ4n) is 3.37. The summed E-state index contributed by atoms with van der Waals surface area (Å²) in [5, 5.41) is 10.5. The number of H-pyrrole nitrogens is 1. The SMILES string of the molecule is CC(C)(C)c1ccc2cc(C(=O)N3CCCC3(C)C(=O)O)[nH]c2c1. The second kappa shape index (κ2) is 5.36. The summed E-state index contributed by atoms with van der Waals surface area (Å²) in [5.41, 5.74) is 1.45. The van der Waals surface area contributed by atoms with E-state index in [1.807, 2.05) is 12.1 Å². The van der Waals surface area contributed by atoms with Crippen LogP contribution < -0.4 is 0 Å². The lowest BCUT2D eigenvalue weighted by atomic mass is 9.87. The van der Waals surface area contributed by atoms with Crippen molar-refractivity contribution in [2.75, 3.05) is 6.54 Å². The van der Waals surface area contributed by atoms with Crippen LogP contribution in [-0.4, -0.2) is 39.0 Å². The van der Waals surface area contributed by atoms with Crippen LogP contribution in [0.4, 0.5) is 0 Å². The number of fused-ring (bicyclic) bond motifs is 1. The van der Waals surface area contributed by atoms with Crippen molar-refractivity contribution in [2.45, 2.75) is 51.5 Å². The molecule has 2 aromatic rings. The Morgan fingerprint density at radius 1 is 1.25 bits per heavy atom. The summed E-state index contributed by atoms with van der Waals surface area (Å²) < 4.78 is 0. The molecule has 128 valence electrons. The van der Waals surface area contributed by atoms with E-state index in [1.165, 1.54) is 10.5 Å². The van der Waals surface area contributed by atoms with Crippen LogP contribution in [-0.2, 0) is 10.2 Å². The number of amides is 1. The minimum atomic E-state index is -1.12. The van der Waals surface area contributed by atoms with Crippen molar-refractivity contribution in [3.8, 4) is 0 Å². The van der Waals surface area contributed by atoms with Gasteiger partial charge in [-0.05, 0) is 42.9 Å². The molecular weight excluding hydrogens is 304 g/mol. The molecule has 3 rings (SSSR count). The van der Waals surface area contributed by atoms with E-state index in [4.69, 9.17) is 0 Å². The smallest absolute Gasteiger partial charge is 0.329 e. The standard InChI is InChI=1S/C19H24N2O3/c1-18(2,3)13-7-6-12-10-15(20-14(12)11-13)16(22)21-9-5-8-19(21,4)17(23)24/h6-7,10-11,20H,5,8-9H2,1-4H3,(H,23,24). The number of benzene rings is 1. The lowest BCUT2D eigenvalue weighted by Gasteiger charge is -2.30. The van der Waals surface area contributed by atoms with Crippen LogP contribution in [0.1, 0.15) is 56.6 Å². The van der Waals surface area contributed by atoms with Crippen molar-refractivity contribution in [3.63, 3.8) is 0 Å². The summed E-state index contributed by atoms with van der Waals surface area (Å²) in [6, 6.07) is 7.95. The Bertz CT molecular complexity index is 816. The van der Waals surface area contributed by atoms with Crippen molar-refractivity contribution in [3.05, 3.63) is 35.5 Å². The van der Waals surface area contributed by atoms with Crippen LogP contribution in [0.5, 0.6) is 0 Å². The van der Waals surface area contributed by atoms with Gasteiger partial charge in [-0.15, -0.1) is 0 Å². The van der Waals surface area contributed by atoms with E-state index in [0.717, 1.165) is 10.9 Å². The fourth-order valence-corrected chi connectivity index (χ4v) is 3.37. The minimum Gasteiger partial charge on any atom is -0.480 e. The highest BCUT2D eigenvalue weighted by molar-refractivity contribution is 6.00. The molecule has 1 atom stereocenters. The van der Waals surface area contributed by atoms with Gasteiger partial charge in [0.15, 0.2) is 0 Å². The fraction of sp³-hybridized carbons (Fsp3) is 0.474. The number of hydrogen-bond donors (Lipinski definition) is 2. The number of carbonyl (C=O) groups is 2. The van der Waals surface area contributed by atoms with Crippen LogP contribution in [0.15, 0.2) is 24.3 Å². The molecule has 1 amide bonds. The average molecular weight is 328 g/mol. The zero-order valence-corrected chi connectivity index (χ0v) is 14.6. The molecule has 1 aromatic carbocycles. The number of carboxylic acids is 1. The molecule has 1 unspecified atom stereocenters. The topological polar surface area (TPSA) is 73.4 Å². The number of rotatable bonds is 2. The van der Waals surface area contributed by atoms with E-state index in [9.17, 15) is 14.7 Å². The Hall–Kier alpha value is -2.30. The third-order valence-corrected chi connectivity index (χ3v) is 5.07. The quantitative estimate of drug-likeness (QED) is 0.885. The molecular formula is C19H24N2O3. The molecule has 1 saturated heterocycles. The number of carbonyl (C=O) groups excluding carboxylic acids is 1. The molecule has 0 saturated carbocycles. The Morgan fingerprint density at radius 2 is 1.96 bits per heavy atom. The maximum atomic E-state index is 12.8. The molecule has 5 heteroatoms. The van der Waals surface area contributed by atoms with Gasteiger partial charge in [-0.25, -0.2) is 4.79 Å². The summed E-state index contributed by atoms with van der Waals surface area (Å²) in [4.78, 5) is 29.1. The van der Waals surface area contributed by atoms with Gasteiger partial charge in [0.2, 0.25) is 0 Å². The predicted molar refractivity (Wildman–Crippen MR) is 93.3 cm³/mol. The largest absolute Gasteiger partial charge is 0.480 e. The Labute approximate surface area is 141 Å². The van der Waals surface area contributed by atoms with Crippen LogP contribution in [0.3, 0.4) is 0 Å². The molecule has 0 radical (unpaired) electrons. The third-order valence-electron chi connectivity index (χ3n) is 5.07.